The summed E-state index contributed by atoms with van der Waals surface area (Å²) < 4.78 is 0. The molecule has 110 valence electrons. The Hall–Kier alpha value is -1.68. The summed E-state index contributed by atoms with van der Waals surface area (Å²) in [4.78, 5) is 20.1. The predicted octanol–water partition coefficient (Wildman–Crippen LogP) is 2.40. The molecule has 0 saturated heterocycles. The van der Waals surface area contributed by atoms with Gasteiger partial charge in [-0.25, -0.2) is 4.98 Å². The molecule has 0 aliphatic heterocycles. The van der Waals surface area contributed by atoms with Crippen LogP contribution in [0.5, 0.6) is 0 Å². The zero-order valence-electron chi connectivity index (χ0n) is 12.3. The van der Waals surface area contributed by atoms with Gasteiger partial charge in [0.25, 0.3) is 5.91 Å². The van der Waals surface area contributed by atoms with E-state index in [0.29, 0.717) is 18.0 Å². The fourth-order valence-electron chi connectivity index (χ4n) is 1.83. The van der Waals surface area contributed by atoms with Gasteiger partial charge in [0.15, 0.2) is 0 Å². The van der Waals surface area contributed by atoms with Gasteiger partial charge in [0.1, 0.15) is 0 Å². The molecule has 0 aliphatic rings. The molecule has 0 aromatic carbocycles. The van der Waals surface area contributed by atoms with Gasteiger partial charge in [-0.15, -0.1) is 22.7 Å². The molecule has 0 aliphatic carbocycles. The largest absolute Gasteiger partial charge is 0.335 e. The summed E-state index contributed by atoms with van der Waals surface area (Å²) in [6.07, 6.45) is 0. The van der Waals surface area contributed by atoms with E-state index in [4.69, 9.17) is 5.73 Å². The Morgan fingerprint density at radius 2 is 2.24 bits per heavy atom. The summed E-state index contributed by atoms with van der Waals surface area (Å²) >= 11 is 3.01. The summed E-state index contributed by atoms with van der Waals surface area (Å²) in [5.74, 6) is 5.82. The van der Waals surface area contributed by atoms with Crippen LogP contribution in [0.15, 0.2) is 11.4 Å². The highest BCUT2D eigenvalue weighted by molar-refractivity contribution is 7.14. The molecule has 4 nitrogen and oxygen atoms in total. The molecule has 2 rings (SSSR count). The number of carbonyl (C=O) groups is 1. The lowest BCUT2D eigenvalue weighted by molar-refractivity contribution is 0.0788. The Morgan fingerprint density at radius 3 is 2.86 bits per heavy atom. The lowest BCUT2D eigenvalue weighted by Crippen LogP contribution is -2.25. The van der Waals surface area contributed by atoms with Gasteiger partial charge in [-0.1, -0.05) is 11.8 Å². The molecule has 0 radical (unpaired) electrons. The molecule has 0 spiro atoms. The number of nitrogens with two attached hydrogens (primary N) is 1. The lowest BCUT2D eigenvalue weighted by atomic mass is 10.2. The van der Waals surface area contributed by atoms with E-state index in [0.717, 1.165) is 21.1 Å². The number of rotatable bonds is 3. The van der Waals surface area contributed by atoms with Gasteiger partial charge in [-0.3, -0.25) is 4.79 Å². The van der Waals surface area contributed by atoms with Gasteiger partial charge < -0.3 is 10.6 Å². The Labute approximate surface area is 132 Å². The number of aryl methyl sites for hydroxylation is 2. The Kier molecular flexibility index (Phi) is 5.12. The second kappa shape index (κ2) is 6.85. The molecule has 0 fully saturated rings. The summed E-state index contributed by atoms with van der Waals surface area (Å²) in [5.41, 5.74) is 7.32. The Morgan fingerprint density at radius 1 is 1.48 bits per heavy atom. The summed E-state index contributed by atoms with van der Waals surface area (Å²) in [6.45, 7) is 4.76. The molecular weight excluding hydrogens is 302 g/mol. The van der Waals surface area contributed by atoms with Crippen LogP contribution in [0.25, 0.3) is 0 Å². The van der Waals surface area contributed by atoms with Crippen LogP contribution >= 0.6 is 22.7 Å². The SMILES string of the molecule is Cc1nc(CN(C)C(=O)c2cc(C)c(C#CCN)s2)cs1. The number of thiophene rings is 1. The van der Waals surface area contributed by atoms with Gasteiger partial charge in [0.2, 0.25) is 0 Å². The first-order chi connectivity index (χ1) is 10.0. The van der Waals surface area contributed by atoms with E-state index in [-0.39, 0.29) is 5.91 Å². The first kappa shape index (κ1) is 15.7. The Bertz CT molecular complexity index is 706. The van der Waals surface area contributed by atoms with Crippen molar-refractivity contribution in [3.05, 3.63) is 37.5 Å². The normalized spacial score (nSPS) is 10.1. The fourth-order valence-corrected chi connectivity index (χ4v) is 3.47. The number of aromatic nitrogens is 1. The average molecular weight is 319 g/mol. The van der Waals surface area contributed by atoms with Crippen molar-refractivity contribution in [2.24, 2.45) is 5.73 Å². The molecule has 0 atom stereocenters. The first-order valence-electron chi connectivity index (χ1n) is 6.47. The summed E-state index contributed by atoms with van der Waals surface area (Å²) in [7, 11) is 1.79. The Balaban J connectivity index is 2.12. The molecule has 2 aromatic heterocycles. The predicted molar refractivity (Wildman–Crippen MR) is 87.6 cm³/mol. The zero-order chi connectivity index (χ0) is 15.4. The average Bonchev–Trinajstić information content (AvgIpc) is 3.02. The fraction of sp³-hybridized carbons (Fsp3) is 0.333. The number of amides is 1. The second-order valence-corrected chi connectivity index (χ2v) is 6.76. The van der Waals surface area contributed by atoms with Gasteiger partial charge >= 0.3 is 0 Å². The second-order valence-electron chi connectivity index (χ2n) is 4.65. The van der Waals surface area contributed by atoms with Gasteiger partial charge in [0.05, 0.1) is 33.5 Å². The summed E-state index contributed by atoms with van der Waals surface area (Å²) in [5, 5.41) is 2.99. The van der Waals surface area contributed by atoms with Crippen molar-refractivity contribution >= 4 is 28.6 Å². The molecule has 2 N–H and O–H groups in total. The smallest absolute Gasteiger partial charge is 0.264 e. The van der Waals surface area contributed by atoms with Crippen LogP contribution in [0, 0.1) is 25.7 Å². The van der Waals surface area contributed by atoms with Gasteiger partial charge in [-0.05, 0) is 25.5 Å². The number of carbonyl (C=O) groups excluding carboxylic acids is 1. The van der Waals surface area contributed by atoms with E-state index < -0.39 is 0 Å². The number of thiazole rings is 1. The minimum Gasteiger partial charge on any atom is -0.335 e. The van der Waals surface area contributed by atoms with E-state index in [9.17, 15) is 4.79 Å². The van der Waals surface area contributed by atoms with Crippen molar-refractivity contribution < 1.29 is 4.79 Å². The quantitative estimate of drug-likeness (QED) is 0.884. The highest BCUT2D eigenvalue weighted by Gasteiger charge is 2.16. The van der Waals surface area contributed by atoms with Crippen LogP contribution in [0.2, 0.25) is 0 Å². The van der Waals surface area contributed by atoms with Crippen molar-refractivity contribution in [2.45, 2.75) is 20.4 Å². The van der Waals surface area contributed by atoms with Crippen molar-refractivity contribution in [1.29, 1.82) is 0 Å². The monoisotopic (exact) mass is 319 g/mol. The van der Waals surface area contributed by atoms with Crippen molar-refractivity contribution in [3.8, 4) is 11.8 Å². The zero-order valence-corrected chi connectivity index (χ0v) is 13.9. The van der Waals surface area contributed by atoms with Crippen molar-refractivity contribution in [1.82, 2.24) is 9.88 Å². The molecule has 1 amide bonds. The maximum atomic E-state index is 12.4. The first-order valence-corrected chi connectivity index (χ1v) is 8.16. The van der Waals surface area contributed by atoms with Gasteiger partial charge in [0, 0.05) is 12.4 Å². The third kappa shape index (κ3) is 3.91. The molecule has 0 saturated carbocycles. The lowest BCUT2D eigenvalue weighted by Gasteiger charge is -2.14. The van der Waals surface area contributed by atoms with E-state index in [1.807, 2.05) is 25.3 Å². The van der Waals surface area contributed by atoms with E-state index in [1.165, 1.54) is 11.3 Å². The molecule has 0 unspecified atom stereocenters. The molecule has 6 heteroatoms. The van der Waals surface area contributed by atoms with Crippen molar-refractivity contribution in [2.75, 3.05) is 13.6 Å². The van der Waals surface area contributed by atoms with Crippen molar-refractivity contribution in [3.63, 3.8) is 0 Å². The van der Waals surface area contributed by atoms with E-state index >= 15 is 0 Å². The molecule has 0 bridgehead atoms. The van der Waals surface area contributed by atoms with Crippen LogP contribution in [0.1, 0.15) is 30.8 Å². The molecule has 2 aromatic rings. The van der Waals surface area contributed by atoms with Crippen LogP contribution in [0.4, 0.5) is 0 Å². The standard InChI is InChI=1S/C15H17N3OS2/c1-10-7-14(21-13(10)5-4-6-16)15(19)18(3)8-12-9-20-11(2)17-12/h7,9H,6,8,16H2,1-3H3. The van der Waals surface area contributed by atoms with E-state index in [1.54, 1.807) is 23.3 Å². The highest BCUT2D eigenvalue weighted by atomic mass is 32.1. The van der Waals surface area contributed by atoms with Crippen LogP contribution in [-0.2, 0) is 6.54 Å². The number of nitrogens with zero attached hydrogens (tertiary/aromatic N) is 2. The highest BCUT2D eigenvalue weighted by Crippen LogP contribution is 2.22. The third-order valence-corrected chi connectivity index (χ3v) is 4.81. The molecular formula is C15H17N3OS2. The maximum absolute atomic E-state index is 12.4. The van der Waals surface area contributed by atoms with Crippen LogP contribution in [0.3, 0.4) is 0 Å². The van der Waals surface area contributed by atoms with E-state index in [2.05, 4.69) is 16.8 Å². The van der Waals surface area contributed by atoms with Gasteiger partial charge in [-0.2, -0.15) is 0 Å². The molecule has 21 heavy (non-hydrogen) atoms. The summed E-state index contributed by atoms with van der Waals surface area (Å²) in [6, 6.07) is 1.89. The topological polar surface area (TPSA) is 59.2 Å². The minimum absolute atomic E-state index is 0.00504. The minimum atomic E-state index is -0.00504. The number of hydrogen-bond acceptors (Lipinski definition) is 5. The van der Waals surface area contributed by atoms with Crippen LogP contribution < -0.4 is 5.73 Å². The number of hydrogen-bond donors (Lipinski definition) is 1. The maximum Gasteiger partial charge on any atom is 0.264 e. The third-order valence-electron chi connectivity index (χ3n) is 2.84. The molecule has 2 heterocycles. The van der Waals surface area contributed by atoms with Crippen LogP contribution in [-0.4, -0.2) is 29.4 Å².